The molecule has 3 aromatic heterocycles. The highest BCUT2D eigenvalue weighted by molar-refractivity contribution is 5.98. The predicted molar refractivity (Wildman–Crippen MR) is 115 cm³/mol. The number of methoxy groups -OCH3 is 2. The molecule has 3 rings (SSSR count). The van der Waals surface area contributed by atoms with Crippen molar-refractivity contribution in [1.82, 2.24) is 25.0 Å². The molecule has 3 heterocycles. The fourth-order valence-electron chi connectivity index (χ4n) is 2.84. The van der Waals surface area contributed by atoms with Crippen molar-refractivity contribution in [3.8, 4) is 11.6 Å². The summed E-state index contributed by atoms with van der Waals surface area (Å²) in [6, 6.07) is 1.84. The highest BCUT2D eigenvalue weighted by Crippen LogP contribution is 2.27. The van der Waals surface area contributed by atoms with Gasteiger partial charge in [0.25, 0.3) is 5.91 Å². The first kappa shape index (κ1) is 22.8. The summed E-state index contributed by atoms with van der Waals surface area (Å²) in [6.07, 6.45) is 4.45. The lowest BCUT2D eigenvalue weighted by Crippen LogP contribution is -2.41. The summed E-state index contributed by atoms with van der Waals surface area (Å²) in [5.41, 5.74) is 12.1. The Morgan fingerprint density at radius 1 is 1.25 bits per heavy atom. The Labute approximate surface area is 183 Å². The van der Waals surface area contributed by atoms with E-state index in [1.807, 2.05) is 0 Å². The molecule has 13 heteroatoms. The van der Waals surface area contributed by atoms with Gasteiger partial charge in [0.1, 0.15) is 11.5 Å². The maximum absolute atomic E-state index is 14.7. The fraction of sp³-hybridized carbons (Fsp3) is 0.316. The fourth-order valence-corrected chi connectivity index (χ4v) is 2.84. The van der Waals surface area contributed by atoms with Crippen molar-refractivity contribution in [2.24, 2.45) is 11.5 Å². The highest BCUT2D eigenvalue weighted by Gasteiger charge is 2.21. The van der Waals surface area contributed by atoms with Crippen LogP contribution < -0.4 is 26.8 Å². The van der Waals surface area contributed by atoms with Crippen LogP contribution in [0.2, 0.25) is 0 Å². The van der Waals surface area contributed by atoms with Crippen LogP contribution in [0.3, 0.4) is 0 Å². The van der Waals surface area contributed by atoms with Gasteiger partial charge in [-0.1, -0.05) is 0 Å². The van der Waals surface area contributed by atoms with E-state index in [0.29, 0.717) is 11.4 Å². The molecule has 6 N–H and O–H groups in total. The van der Waals surface area contributed by atoms with E-state index in [4.69, 9.17) is 20.9 Å². The molecule has 0 saturated carbocycles. The van der Waals surface area contributed by atoms with E-state index in [1.54, 1.807) is 13.0 Å². The van der Waals surface area contributed by atoms with Gasteiger partial charge in [0.05, 0.1) is 49.6 Å². The normalized spacial score (nSPS) is 12.8. The van der Waals surface area contributed by atoms with Gasteiger partial charge < -0.3 is 31.6 Å². The van der Waals surface area contributed by atoms with E-state index in [-0.39, 0.29) is 35.7 Å². The van der Waals surface area contributed by atoms with E-state index in [1.165, 1.54) is 37.6 Å². The first-order valence-electron chi connectivity index (χ1n) is 9.53. The molecule has 2 atom stereocenters. The number of carbonyl (C=O) groups excluding carboxylic acids is 1. The number of ether oxygens (including phenoxy) is 2. The molecule has 0 aromatic carbocycles. The summed E-state index contributed by atoms with van der Waals surface area (Å²) in [5, 5.41) is 14.0. The van der Waals surface area contributed by atoms with Crippen LogP contribution in [-0.4, -0.2) is 63.8 Å². The molecule has 0 spiro atoms. The third kappa shape index (κ3) is 5.07. The second kappa shape index (κ2) is 9.98. The van der Waals surface area contributed by atoms with Crippen LogP contribution >= 0.6 is 0 Å². The van der Waals surface area contributed by atoms with Crippen LogP contribution in [0, 0.1) is 5.82 Å². The molecule has 12 nitrogen and oxygen atoms in total. The maximum atomic E-state index is 14.7. The van der Waals surface area contributed by atoms with Crippen LogP contribution in [0.1, 0.15) is 17.3 Å². The van der Waals surface area contributed by atoms with Gasteiger partial charge in [0.15, 0.2) is 11.6 Å². The number of pyridine rings is 2. The molecule has 0 unspecified atom stereocenters. The Morgan fingerprint density at radius 2 is 1.97 bits per heavy atom. The monoisotopic (exact) mass is 445 g/mol. The molecule has 0 saturated heterocycles. The number of anilines is 3. The van der Waals surface area contributed by atoms with Crippen LogP contribution in [0.25, 0.3) is 5.69 Å². The zero-order valence-electron chi connectivity index (χ0n) is 17.7. The average Bonchev–Trinajstić information content (AvgIpc) is 3.29. The third-order valence-corrected chi connectivity index (χ3v) is 4.47. The van der Waals surface area contributed by atoms with Gasteiger partial charge in [-0.3, -0.25) is 4.79 Å². The Balaban J connectivity index is 1.99. The second-order valence-electron chi connectivity index (χ2n) is 6.84. The number of primary amides is 1. The maximum Gasteiger partial charge on any atom is 0.252 e. The summed E-state index contributed by atoms with van der Waals surface area (Å²) in [6.45, 7) is 1.97. The Morgan fingerprint density at radius 3 is 2.56 bits per heavy atom. The largest absolute Gasteiger partial charge is 0.479 e. The lowest BCUT2D eigenvalue weighted by molar-refractivity contribution is 0.100. The number of nitrogens with one attached hydrogen (secondary N) is 2. The number of hydrogen-bond acceptors (Lipinski definition) is 10. The molecule has 0 bridgehead atoms. The quantitative estimate of drug-likeness (QED) is 0.350. The molecule has 3 aromatic rings. The summed E-state index contributed by atoms with van der Waals surface area (Å²) >= 11 is 0. The summed E-state index contributed by atoms with van der Waals surface area (Å²) < 4.78 is 25.0. The van der Waals surface area contributed by atoms with Crippen LogP contribution in [0.4, 0.5) is 21.7 Å². The van der Waals surface area contributed by atoms with Crippen molar-refractivity contribution in [1.29, 1.82) is 0 Å². The van der Waals surface area contributed by atoms with E-state index < -0.39 is 17.8 Å². The van der Waals surface area contributed by atoms with Gasteiger partial charge in [-0.15, -0.1) is 4.80 Å². The first-order valence-corrected chi connectivity index (χ1v) is 9.53. The number of aromatic nitrogens is 5. The minimum absolute atomic E-state index is 0.0218. The Kier molecular flexibility index (Phi) is 7.12. The smallest absolute Gasteiger partial charge is 0.252 e. The van der Waals surface area contributed by atoms with E-state index in [0.717, 1.165) is 6.07 Å². The van der Waals surface area contributed by atoms with Gasteiger partial charge >= 0.3 is 0 Å². The van der Waals surface area contributed by atoms with E-state index in [2.05, 4.69) is 30.8 Å². The molecule has 0 fully saturated rings. The molecule has 0 aliphatic heterocycles. The minimum atomic E-state index is -0.860. The van der Waals surface area contributed by atoms with Gasteiger partial charge in [0, 0.05) is 13.2 Å². The number of hydrogen-bond donors (Lipinski definition) is 4. The second-order valence-corrected chi connectivity index (χ2v) is 6.84. The average molecular weight is 445 g/mol. The van der Waals surface area contributed by atoms with E-state index >= 15 is 0 Å². The number of nitrogens with zero attached hydrogens (tertiary/aromatic N) is 5. The van der Waals surface area contributed by atoms with Crippen molar-refractivity contribution in [3.05, 3.63) is 42.1 Å². The van der Waals surface area contributed by atoms with Crippen LogP contribution in [0.5, 0.6) is 5.88 Å². The molecule has 1 amide bonds. The van der Waals surface area contributed by atoms with Crippen molar-refractivity contribution < 1.29 is 18.7 Å². The standard InChI is InChI=1S/C19H24FN9O3/c1-10(21)14(9-31-2)27-18-13(20)7-12(16(22)30)17(28-18)26-11-6-15(19(32-3)23-8-11)29-24-4-5-25-29/h4-8,10,14H,9,21H2,1-3H3,(H2,22,30)(H2,26,27,28)/t10-,14+/m0/s1. The van der Waals surface area contributed by atoms with Gasteiger partial charge in [-0.05, 0) is 19.1 Å². The van der Waals surface area contributed by atoms with E-state index in [9.17, 15) is 9.18 Å². The van der Waals surface area contributed by atoms with Crippen molar-refractivity contribution in [2.45, 2.75) is 19.0 Å². The summed E-state index contributed by atoms with van der Waals surface area (Å²) in [4.78, 5) is 21.7. The minimum Gasteiger partial charge on any atom is -0.479 e. The Bertz CT molecular complexity index is 1080. The molecule has 0 radical (unpaired) electrons. The van der Waals surface area contributed by atoms with Gasteiger partial charge in [0.2, 0.25) is 5.88 Å². The number of nitrogens with two attached hydrogens (primary N) is 2. The lowest BCUT2D eigenvalue weighted by Gasteiger charge is -2.23. The first-order chi connectivity index (χ1) is 15.3. The van der Waals surface area contributed by atoms with Crippen LogP contribution in [-0.2, 0) is 4.74 Å². The van der Waals surface area contributed by atoms with Crippen molar-refractivity contribution in [2.75, 3.05) is 31.5 Å². The van der Waals surface area contributed by atoms with Crippen molar-refractivity contribution in [3.63, 3.8) is 0 Å². The van der Waals surface area contributed by atoms with Crippen molar-refractivity contribution >= 4 is 23.2 Å². The SMILES string of the molecule is COC[C@@H](Nc1nc(Nc2cnc(OC)c(-n3nccn3)c2)c(C(N)=O)cc1F)[C@H](C)N. The molecule has 32 heavy (non-hydrogen) atoms. The number of carbonyl (C=O) groups is 1. The lowest BCUT2D eigenvalue weighted by atomic mass is 10.1. The summed E-state index contributed by atoms with van der Waals surface area (Å²) in [7, 11) is 2.97. The number of amides is 1. The third-order valence-electron chi connectivity index (χ3n) is 4.47. The molecule has 170 valence electrons. The Hall–Kier alpha value is -3.84. The number of halogens is 1. The van der Waals surface area contributed by atoms with Gasteiger partial charge in [-0.25, -0.2) is 14.4 Å². The molecule has 0 aliphatic rings. The zero-order chi connectivity index (χ0) is 23.3. The molecular formula is C19H24FN9O3. The van der Waals surface area contributed by atoms with Gasteiger partial charge in [-0.2, -0.15) is 10.2 Å². The highest BCUT2D eigenvalue weighted by atomic mass is 19.1. The predicted octanol–water partition coefficient (Wildman–Crippen LogP) is 0.822. The van der Waals surface area contributed by atoms with Crippen LogP contribution in [0.15, 0.2) is 30.7 Å². The zero-order valence-corrected chi connectivity index (χ0v) is 17.7. The molecular weight excluding hydrogens is 421 g/mol. The number of rotatable bonds is 10. The topological polar surface area (TPSA) is 168 Å². The molecule has 0 aliphatic carbocycles. The summed E-state index contributed by atoms with van der Waals surface area (Å²) in [5.74, 6) is -1.45.